The van der Waals surface area contributed by atoms with Crippen LogP contribution >= 0.6 is 0 Å². The molecule has 0 aliphatic carbocycles. The lowest BCUT2D eigenvalue weighted by molar-refractivity contribution is -0.139. The summed E-state index contributed by atoms with van der Waals surface area (Å²) in [6.45, 7) is 2.04. The highest BCUT2D eigenvalue weighted by atomic mass is 16.5. The lowest BCUT2D eigenvalue weighted by Gasteiger charge is -2.06. The molecule has 1 aromatic heterocycles. The van der Waals surface area contributed by atoms with E-state index >= 15 is 0 Å². The van der Waals surface area contributed by atoms with Crippen molar-refractivity contribution >= 4 is 11.7 Å². The van der Waals surface area contributed by atoms with E-state index in [0.717, 1.165) is 0 Å². The highest BCUT2D eigenvalue weighted by Gasteiger charge is 2.32. The van der Waals surface area contributed by atoms with E-state index < -0.39 is 12.1 Å². The maximum atomic E-state index is 11.7. The molecule has 0 bridgehead atoms. The van der Waals surface area contributed by atoms with Gasteiger partial charge in [-0.15, -0.1) is 0 Å². The Morgan fingerprint density at radius 2 is 2.53 bits per heavy atom. The minimum absolute atomic E-state index is 0.0678. The number of aromatic nitrogens is 1. The molecule has 1 atom stereocenters. The van der Waals surface area contributed by atoms with E-state index in [1.807, 2.05) is 0 Å². The molecule has 1 unspecified atom stereocenters. The molecule has 17 heavy (non-hydrogen) atoms. The van der Waals surface area contributed by atoms with Crippen LogP contribution in [0.3, 0.4) is 0 Å². The van der Waals surface area contributed by atoms with Crippen molar-refractivity contribution in [2.24, 2.45) is 0 Å². The number of hydrogen-bond acceptors (Lipinski definition) is 5. The van der Waals surface area contributed by atoms with E-state index in [1.165, 1.54) is 0 Å². The zero-order valence-corrected chi connectivity index (χ0v) is 9.42. The van der Waals surface area contributed by atoms with Crippen molar-refractivity contribution in [1.82, 2.24) is 4.98 Å². The van der Waals surface area contributed by atoms with Crippen molar-refractivity contribution in [3.05, 3.63) is 35.7 Å². The average molecular weight is 235 g/mol. The number of nitrogens with zero attached hydrogens (tertiary/aromatic N) is 1. The van der Waals surface area contributed by atoms with Gasteiger partial charge in [0, 0.05) is 18.0 Å². The first kappa shape index (κ1) is 11.6. The lowest BCUT2D eigenvalue weighted by atomic mass is 10.1. The Morgan fingerprint density at radius 3 is 3.18 bits per heavy atom. The van der Waals surface area contributed by atoms with Crippen LogP contribution in [0.5, 0.6) is 0 Å². The number of ether oxygens (including phenoxy) is 2. The standard InChI is InChI=1S/C12H13NO4/c1-2-16-12(15)10-9(14)7-17-11(10)8-4-3-5-13-6-8/h3-6,9,14H,2,7H2,1H3. The van der Waals surface area contributed by atoms with Gasteiger partial charge in [-0.1, -0.05) is 0 Å². The molecule has 1 aliphatic rings. The maximum absolute atomic E-state index is 11.7. The van der Waals surface area contributed by atoms with Gasteiger partial charge in [-0.3, -0.25) is 4.98 Å². The summed E-state index contributed by atoms with van der Waals surface area (Å²) >= 11 is 0. The molecule has 1 aliphatic heterocycles. The van der Waals surface area contributed by atoms with E-state index in [1.54, 1.807) is 31.5 Å². The summed E-state index contributed by atoms with van der Waals surface area (Å²) in [5.41, 5.74) is 0.826. The first-order valence-corrected chi connectivity index (χ1v) is 5.36. The Bertz CT molecular complexity index is 441. The van der Waals surface area contributed by atoms with Crippen LogP contribution in [-0.4, -0.2) is 35.4 Å². The average Bonchev–Trinajstić information content (AvgIpc) is 2.73. The second-order valence-electron chi connectivity index (χ2n) is 3.53. The molecule has 0 aromatic carbocycles. The third-order valence-electron chi connectivity index (χ3n) is 2.38. The number of aliphatic hydroxyl groups excluding tert-OH is 1. The molecular formula is C12H13NO4. The number of carbonyl (C=O) groups excluding carboxylic acids is 1. The van der Waals surface area contributed by atoms with Crippen LogP contribution in [0.15, 0.2) is 30.1 Å². The van der Waals surface area contributed by atoms with Crippen LogP contribution < -0.4 is 0 Å². The van der Waals surface area contributed by atoms with Gasteiger partial charge >= 0.3 is 5.97 Å². The molecule has 0 amide bonds. The Morgan fingerprint density at radius 1 is 1.71 bits per heavy atom. The predicted octanol–water partition coefficient (Wildman–Crippen LogP) is 0.747. The molecule has 2 rings (SSSR count). The fourth-order valence-corrected chi connectivity index (χ4v) is 1.65. The minimum Gasteiger partial charge on any atom is -0.489 e. The van der Waals surface area contributed by atoms with Crippen molar-refractivity contribution in [3.63, 3.8) is 0 Å². The topological polar surface area (TPSA) is 68.7 Å². The predicted molar refractivity (Wildman–Crippen MR) is 59.7 cm³/mol. The summed E-state index contributed by atoms with van der Waals surface area (Å²) in [5.74, 6) is -0.194. The quantitative estimate of drug-likeness (QED) is 0.783. The fourth-order valence-electron chi connectivity index (χ4n) is 1.65. The summed E-state index contributed by atoms with van der Waals surface area (Å²) in [5, 5.41) is 9.71. The number of esters is 1. The molecule has 0 spiro atoms. The van der Waals surface area contributed by atoms with E-state index in [4.69, 9.17) is 9.47 Å². The number of hydrogen-bond donors (Lipinski definition) is 1. The monoisotopic (exact) mass is 235 g/mol. The summed E-state index contributed by atoms with van der Waals surface area (Å²) < 4.78 is 10.2. The molecule has 2 heterocycles. The molecule has 1 aromatic rings. The summed E-state index contributed by atoms with van der Waals surface area (Å²) in [7, 11) is 0. The third-order valence-corrected chi connectivity index (χ3v) is 2.38. The molecule has 5 heteroatoms. The highest BCUT2D eigenvalue weighted by molar-refractivity contribution is 5.98. The van der Waals surface area contributed by atoms with Gasteiger partial charge in [0.15, 0.2) is 0 Å². The first-order valence-electron chi connectivity index (χ1n) is 5.36. The van der Waals surface area contributed by atoms with Gasteiger partial charge in [0.2, 0.25) is 0 Å². The van der Waals surface area contributed by atoms with Gasteiger partial charge in [0.05, 0.1) is 6.61 Å². The van der Waals surface area contributed by atoms with Crippen LogP contribution in [0.2, 0.25) is 0 Å². The zero-order chi connectivity index (χ0) is 12.3. The summed E-state index contributed by atoms with van der Waals surface area (Å²) in [4.78, 5) is 15.6. The lowest BCUT2D eigenvalue weighted by Crippen LogP contribution is -2.19. The molecule has 1 N–H and O–H groups in total. The molecule has 0 radical (unpaired) electrons. The molecule has 90 valence electrons. The SMILES string of the molecule is CCOC(=O)C1=C(c2cccnc2)OCC1O. The van der Waals surface area contributed by atoms with Crippen LogP contribution in [-0.2, 0) is 14.3 Å². The Balaban J connectivity index is 2.38. The highest BCUT2D eigenvalue weighted by Crippen LogP contribution is 2.28. The maximum Gasteiger partial charge on any atom is 0.340 e. The van der Waals surface area contributed by atoms with E-state index in [-0.39, 0.29) is 18.8 Å². The second-order valence-corrected chi connectivity index (χ2v) is 3.53. The Labute approximate surface area is 98.7 Å². The Hall–Kier alpha value is -1.88. The van der Waals surface area contributed by atoms with Gasteiger partial charge < -0.3 is 14.6 Å². The number of rotatable bonds is 3. The van der Waals surface area contributed by atoms with Crippen molar-refractivity contribution < 1.29 is 19.4 Å². The van der Waals surface area contributed by atoms with Crippen LogP contribution in [0, 0.1) is 0 Å². The zero-order valence-electron chi connectivity index (χ0n) is 9.42. The largest absolute Gasteiger partial charge is 0.489 e. The number of pyridine rings is 1. The molecule has 5 nitrogen and oxygen atoms in total. The molecule has 0 saturated carbocycles. The van der Waals surface area contributed by atoms with Crippen LogP contribution in [0.4, 0.5) is 0 Å². The van der Waals surface area contributed by atoms with E-state index in [9.17, 15) is 9.90 Å². The van der Waals surface area contributed by atoms with Crippen molar-refractivity contribution in [3.8, 4) is 0 Å². The molecular weight excluding hydrogens is 222 g/mol. The normalized spacial score (nSPS) is 19.1. The van der Waals surface area contributed by atoms with Gasteiger partial charge in [0.1, 0.15) is 24.0 Å². The second kappa shape index (κ2) is 4.97. The molecule has 0 saturated heterocycles. The number of aliphatic hydroxyl groups is 1. The van der Waals surface area contributed by atoms with Crippen LogP contribution in [0.1, 0.15) is 12.5 Å². The van der Waals surface area contributed by atoms with Crippen molar-refractivity contribution in [2.75, 3.05) is 13.2 Å². The van der Waals surface area contributed by atoms with E-state index in [2.05, 4.69) is 4.98 Å². The van der Waals surface area contributed by atoms with Gasteiger partial charge in [-0.05, 0) is 19.1 Å². The summed E-state index contributed by atoms with van der Waals surface area (Å²) in [6.07, 6.45) is 2.26. The van der Waals surface area contributed by atoms with E-state index in [0.29, 0.717) is 11.3 Å². The third kappa shape index (κ3) is 2.29. The summed E-state index contributed by atoms with van der Waals surface area (Å²) in [6, 6.07) is 3.50. The smallest absolute Gasteiger partial charge is 0.340 e. The minimum atomic E-state index is -0.941. The van der Waals surface area contributed by atoms with Crippen molar-refractivity contribution in [1.29, 1.82) is 0 Å². The van der Waals surface area contributed by atoms with Gasteiger partial charge in [-0.2, -0.15) is 0 Å². The van der Waals surface area contributed by atoms with Gasteiger partial charge in [0.25, 0.3) is 0 Å². The molecule has 0 fully saturated rings. The fraction of sp³-hybridized carbons (Fsp3) is 0.333. The first-order chi connectivity index (χ1) is 8.24. The van der Waals surface area contributed by atoms with Crippen LogP contribution in [0.25, 0.3) is 5.76 Å². The van der Waals surface area contributed by atoms with Crippen molar-refractivity contribution in [2.45, 2.75) is 13.0 Å². The number of carbonyl (C=O) groups is 1. The Kier molecular flexibility index (Phi) is 3.39. The van der Waals surface area contributed by atoms with Gasteiger partial charge in [-0.25, -0.2) is 4.79 Å².